The molecule has 0 aliphatic carbocycles. The highest BCUT2D eigenvalue weighted by Crippen LogP contribution is 2.47. The van der Waals surface area contributed by atoms with Gasteiger partial charge >= 0.3 is 0 Å². The van der Waals surface area contributed by atoms with Gasteiger partial charge in [0.05, 0.1) is 0 Å². The topological polar surface area (TPSA) is 60.7 Å². The molecule has 0 radical (unpaired) electrons. The number of hydrogen-bond acceptors (Lipinski definition) is 3. The molecule has 3 rings (SSSR count). The molecule has 3 N–H and O–H groups in total. The lowest BCUT2D eigenvalue weighted by Gasteiger charge is -2.23. The smallest absolute Gasteiger partial charge is 0.124 e. The van der Waals surface area contributed by atoms with Crippen molar-refractivity contribution in [3.8, 4) is 39.5 Å². The molecular formula is C31H40O3. The van der Waals surface area contributed by atoms with E-state index in [1.54, 1.807) is 6.07 Å². The van der Waals surface area contributed by atoms with Gasteiger partial charge in [-0.2, -0.15) is 0 Å². The van der Waals surface area contributed by atoms with Crippen LogP contribution in [0.2, 0.25) is 0 Å². The summed E-state index contributed by atoms with van der Waals surface area (Å²) in [6, 6.07) is 11.8. The van der Waals surface area contributed by atoms with Crippen LogP contribution in [0.1, 0.15) is 107 Å². The fourth-order valence-electron chi connectivity index (χ4n) is 4.77. The average Bonchev–Trinajstić information content (AvgIpc) is 2.75. The Bertz CT molecular complexity index is 1050. The van der Waals surface area contributed by atoms with Gasteiger partial charge in [-0.3, -0.25) is 0 Å². The third-order valence-corrected chi connectivity index (χ3v) is 6.79. The Kier molecular flexibility index (Phi) is 7.35. The quantitative estimate of drug-likeness (QED) is 0.344. The van der Waals surface area contributed by atoms with E-state index in [1.807, 2.05) is 18.2 Å². The standard InChI is InChI=1S/C31H40O3/c1-16(2)23-12-21(13-24(17(3)4)30(23)33)28-20(9)10-11-27(32)29(28)22-14-25(18(5)6)31(34)26(15-22)19(7)8/h10-19,32-34H,1-9H3. The molecule has 3 aromatic carbocycles. The van der Waals surface area contributed by atoms with E-state index in [9.17, 15) is 15.3 Å². The molecule has 0 aliphatic rings. The Morgan fingerprint density at radius 3 is 1.15 bits per heavy atom. The second kappa shape index (κ2) is 9.74. The monoisotopic (exact) mass is 460 g/mol. The summed E-state index contributed by atoms with van der Waals surface area (Å²) in [5.41, 5.74) is 8.23. The molecule has 0 saturated heterocycles. The van der Waals surface area contributed by atoms with Gasteiger partial charge in [-0.15, -0.1) is 0 Å². The molecule has 0 fully saturated rings. The van der Waals surface area contributed by atoms with Crippen molar-refractivity contribution in [2.75, 3.05) is 0 Å². The van der Waals surface area contributed by atoms with Crippen molar-refractivity contribution in [1.82, 2.24) is 0 Å². The predicted octanol–water partition coefficient (Wildman–Crippen LogP) is 8.94. The van der Waals surface area contributed by atoms with Crippen LogP contribution in [-0.4, -0.2) is 15.3 Å². The molecule has 3 aromatic rings. The normalized spacial score (nSPS) is 11.9. The summed E-state index contributed by atoms with van der Waals surface area (Å²) in [6.45, 7) is 18.7. The summed E-state index contributed by atoms with van der Waals surface area (Å²) in [5, 5.41) is 33.1. The van der Waals surface area contributed by atoms with Crippen molar-refractivity contribution in [2.45, 2.75) is 86.0 Å². The molecule has 0 saturated carbocycles. The summed E-state index contributed by atoms with van der Waals surface area (Å²) in [4.78, 5) is 0. The van der Waals surface area contributed by atoms with Crippen LogP contribution >= 0.6 is 0 Å². The third-order valence-electron chi connectivity index (χ3n) is 6.79. The zero-order valence-corrected chi connectivity index (χ0v) is 22.1. The SMILES string of the molecule is Cc1ccc(O)c(-c2cc(C(C)C)c(O)c(C(C)C)c2)c1-c1cc(C(C)C)c(O)c(C(C)C)c1. The largest absolute Gasteiger partial charge is 0.507 e. The minimum absolute atomic E-state index is 0.140. The Balaban J connectivity index is 2.44. The summed E-state index contributed by atoms with van der Waals surface area (Å²) >= 11 is 0. The van der Waals surface area contributed by atoms with E-state index in [0.29, 0.717) is 11.5 Å². The van der Waals surface area contributed by atoms with Gasteiger partial charge in [-0.1, -0.05) is 61.5 Å². The predicted molar refractivity (Wildman–Crippen MR) is 143 cm³/mol. The molecule has 0 unspecified atom stereocenters. The van der Waals surface area contributed by atoms with Gasteiger partial charge in [0.1, 0.15) is 17.2 Å². The maximum absolute atomic E-state index is 11.2. The van der Waals surface area contributed by atoms with Crippen LogP contribution in [0.4, 0.5) is 0 Å². The number of aryl methyl sites for hydroxylation is 1. The highest BCUT2D eigenvalue weighted by Gasteiger charge is 2.23. The van der Waals surface area contributed by atoms with Gasteiger partial charge in [0.25, 0.3) is 0 Å². The fourth-order valence-corrected chi connectivity index (χ4v) is 4.77. The number of aromatic hydroxyl groups is 3. The molecule has 3 heteroatoms. The second-order valence-corrected chi connectivity index (χ2v) is 10.8. The first-order chi connectivity index (χ1) is 15.8. The van der Waals surface area contributed by atoms with Gasteiger partial charge in [-0.25, -0.2) is 0 Å². The second-order valence-electron chi connectivity index (χ2n) is 10.8. The van der Waals surface area contributed by atoms with Crippen molar-refractivity contribution in [2.24, 2.45) is 0 Å². The first-order valence-electron chi connectivity index (χ1n) is 12.4. The van der Waals surface area contributed by atoms with Crippen molar-refractivity contribution in [1.29, 1.82) is 0 Å². The molecule has 0 heterocycles. The highest BCUT2D eigenvalue weighted by atomic mass is 16.3. The summed E-state index contributed by atoms with van der Waals surface area (Å²) in [6.07, 6.45) is 0. The van der Waals surface area contributed by atoms with Crippen LogP contribution < -0.4 is 0 Å². The first kappa shape index (κ1) is 25.7. The van der Waals surface area contributed by atoms with Gasteiger partial charge in [-0.05, 0) is 105 Å². The summed E-state index contributed by atoms with van der Waals surface area (Å²) in [5.74, 6) is 1.52. The number of phenolic OH excluding ortho intramolecular Hbond substituents is 3. The maximum atomic E-state index is 11.2. The van der Waals surface area contributed by atoms with E-state index in [2.05, 4.69) is 74.4 Å². The van der Waals surface area contributed by atoms with E-state index in [-0.39, 0.29) is 29.4 Å². The number of hydrogen-bond donors (Lipinski definition) is 3. The zero-order valence-electron chi connectivity index (χ0n) is 22.1. The molecule has 0 aromatic heterocycles. The van der Waals surface area contributed by atoms with E-state index in [4.69, 9.17) is 0 Å². The van der Waals surface area contributed by atoms with Gasteiger partial charge in [0.15, 0.2) is 0 Å². The lowest BCUT2D eigenvalue weighted by Crippen LogP contribution is -2.00. The lowest BCUT2D eigenvalue weighted by atomic mass is 9.83. The molecule has 0 bridgehead atoms. The Hall–Kier alpha value is -2.94. The van der Waals surface area contributed by atoms with Crippen LogP contribution in [0.25, 0.3) is 22.3 Å². The van der Waals surface area contributed by atoms with Gasteiger partial charge < -0.3 is 15.3 Å². The molecule has 0 aliphatic heterocycles. The zero-order chi connectivity index (χ0) is 25.5. The van der Waals surface area contributed by atoms with Crippen LogP contribution in [0.3, 0.4) is 0 Å². The van der Waals surface area contributed by atoms with Crippen LogP contribution in [-0.2, 0) is 0 Å². The summed E-state index contributed by atoms with van der Waals surface area (Å²) in [7, 11) is 0. The molecule has 0 spiro atoms. The van der Waals surface area contributed by atoms with Crippen LogP contribution in [0.15, 0.2) is 36.4 Å². The minimum atomic E-state index is 0.140. The van der Waals surface area contributed by atoms with Gasteiger partial charge in [0.2, 0.25) is 0 Å². The van der Waals surface area contributed by atoms with E-state index < -0.39 is 0 Å². The third kappa shape index (κ3) is 4.66. The van der Waals surface area contributed by atoms with Crippen LogP contribution in [0.5, 0.6) is 17.2 Å². The minimum Gasteiger partial charge on any atom is -0.507 e. The highest BCUT2D eigenvalue weighted by molar-refractivity contribution is 5.91. The maximum Gasteiger partial charge on any atom is 0.124 e. The Morgan fingerprint density at radius 1 is 0.500 bits per heavy atom. The molecular weight excluding hydrogens is 420 g/mol. The van der Waals surface area contributed by atoms with E-state index in [1.165, 1.54) is 0 Å². The van der Waals surface area contributed by atoms with Crippen molar-refractivity contribution in [3.63, 3.8) is 0 Å². The fraction of sp³-hybridized carbons (Fsp3) is 0.419. The number of benzene rings is 3. The summed E-state index contributed by atoms with van der Waals surface area (Å²) < 4.78 is 0. The Morgan fingerprint density at radius 2 is 0.824 bits per heavy atom. The van der Waals surface area contributed by atoms with E-state index >= 15 is 0 Å². The molecule has 0 atom stereocenters. The number of rotatable bonds is 6. The number of phenols is 3. The first-order valence-corrected chi connectivity index (χ1v) is 12.4. The van der Waals surface area contributed by atoms with Crippen molar-refractivity contribution in [3.05, 3.63) is 64.2 Å². The lowest BCUT2D eigenvalue weighted by molar-refractivity contribution is 0.454. The van der Waals surface area contributed by atoms with Crippen molar-refractivity contribution < 1.29 is 15.3 Å². The Labute approximate surface area is 205 Å². The van der Waals surface area contributed by atoms with Crippen LogP contribution in [0, 0.1) is 6.92 Å². The molecule has 182 valence electrons. The average molecular weight is 461 g/mol. The molecule has 34 heavy (non-hydrogen) atoms. The van der Waals surface area contributed by atoms with E-state index in [0.717, 1.165) is 50.1 Å². The molecule has 3 nitrogen and oxygen atoms in total. The van der Waals surface area contributed by atoms with Crippen molar-refractivity contribution >= 4 is 0 Å². The van der Waals surface area contributed by atoms with Gasteiger partial charge in [0, 0.05) is 5.56 Å². The molecule has 0 amide bonds.